The first-order chi connectivity index (χ1) is 15.3. The number of halogens is 1. The van der Waals surface area contributed by atoms with Crippen LogP contribution in [-0.4, -0.2) is 38.4 Å². The summed E-state index contributed by atoms with van der Waals surface area (Å²) < 4.78 is 1.83. The van der Waals surface area contributed by atoms with Gasteiger partial charge in [-0.2, -0.15) is 5.10 Å². The Morgan fingerprint density at radius 1 is 1.06 bits per heavy atom. The van der Waals surface area contributed by atoms with Crippen molar-refractivity contribution < 1.29 is 14.4 Å². The van der Waals surface area contributed by atoms with Crippen molar-refractivity contribution in [1.82, 2.24) is 20.0 Å². The van der Waals surface area contributed by atoms with E-state index in [0.717, 1.165) is 33.5 Å². The molecule has 2 aliphatic heterocycles. The SMILES string of the molecule is Cc1cc(Cl)ccc1-c1c(-c2ccc3c(c2)CN(C2CCC(=O)NC2=O)C3=O)cnn1C. The molecule has 0 spiro atoms. The number of nitrogens with one attached hydrogen (secondary N) is 1. The second-order valence-electron chi connectivity index (χ2n) is 8.26. The molecule has 2 aromatic carbocycles. The van der Waals surface area contributed by atoms with Gasteiger partial charge in [0.15, 0.2) is 0 Å². The van der Waals surface area contributed by atoms with Crippen molar-refractivity contribution in [3.05, 3.63) is 64.3 Å². The Morgan fingerprint density at radius 2 is 1.84 bits per heavy atom. The molecule has 8 heteroatoms. The summed E-state index contributed by atoms with van der Waals surface area (Å²) in [6.07, 6.45) is 2.40. The highest BCUT2D eigenvalue weighted by Crippen LogP contribution is 2.37. The van der Waals surface area contributed by atoms with Gasteiger partial charge >= 0.3 is 0 Å². The molecular formula is C24H21ClN4O3. The fourth-order valence-corrected chi connectivity index (χ4v) is 4.83. The summed E-state index contributed by atoms with van der Waals surface area (Å²) in [4.78, 5) is 38.3. The number of carbonyl (C=O) groups excluding carboxylic acids is 3. The van der Waals surface area contributed by atoms with Gasteiger partial charge in [-0.25, -0.2) is 0 Å². The van der Waals surface area contributed by atoms with Crippen LogP contribution in [0.2, 0.25) is 5.02 Å². The standard InChI is InChI=1S/C24H21ClN4O3/c1-13-9-16(25)4-6-17(13)22-19(11-26-28(22)2)14-3-5-18-15(10-14)12-29(24(18)32)20-7-8-21(30)27-23(20)31/h3-6,9-11,20H,7-8,12H2,1-2H3,(H,27,30,31). The maximum Gasteiger partial charge on any atom is 0.255 e. The molecule has 1 N–H and O–H groups in total. The molecule has 3 amide bonds. The lowest BCUT2D eigenvalue weighted by atomic mass is 9.96. The Bertz CT molecular complexity index is 1300. The molecule has 32 heavy (non-hydrogen) atoms. The van der Waals surface area contributed by atoms with Crippen LogP contribution in [0.4, 0.5) is 0 Å². The monoisotopic (exact) mass is 448 g/mol. The molecule has 3 heterocycles. The molecule has 0 bridgehead atoms. The predicted octanol–water partition coefficient (Wildman–Crippen LogP) is 3.48. The van der Waals surface area contributed by atoms with Gasteiger partial charge in [-0.15, -0.1) is 0 Å². The van der Waals surface area contributed by atoms with Crippen molar-refractivity contribution in [2.24, 2.45) is 7.05 Å². The highest BCUT2D eigenvalue weighted by molar-refractivity contribution is 6.30. The van der Waals surface area contributed by atoms with E-state index in [4.69, 9.17) is 11.6 Å². The number of carbonyl (C=O) groups is 3. The molecule has 2 aliphatic rings. The molecule has 7 nitrogen and oxygen atoms in total. The second kappa shape index (κ2) is 7.60. The number of benzene rings is 2. The number of fused-ring (bicyclic) bond motifs is 1. The number of aromatic nitrogens is 2. The van der Waals surface area contributed by atoms with Crippen molar-refractivity contribution in [3.63, 3.8) is 0 Å². The molecule has 3 aromatic rings. The fourth-order valence-electron chi connectivity index (χ4n) is 4.60. The van der Waals surface area contributed by atoms with E-state index < -0.39 is 11.9 Å². The molecule has 0 radical (unpaired) electrons. The van der Waals surface area contributed by atoms with Gasteiger partial charge < -0.3 is 4.90 Å². The predicted molar refractivity (Wildman–Crippen MR) is 120 cm³/mol. The Kier molecular flexibility index (Phi) is 4.86. The Balaban J connectivity index is 1.51. The summed E-state index contributed by atoms with van der Waals surface area (Å²) in [6.45, 7) is 2.35. The van der Waals surface area contributed by atoms with Gasteiger partial charge in [-0.05, 0) is 54.3 Å². The minimum absolute atomic E-state index is 0.180. The van der Waals surface area contributed by atoms with E-state index in [9.17, 15) is 14.4 Å². The lowest BCUT2D eigenvalue weighted by Crippen LogP contribution is -2.52. The van der Waals surface area contributed by atoms with E-state index in [-0.39, 0.29) is 18.2 Å². The van der Waals surface area contributed by atoms with E-state index in [1.165, 1.54) is 0 Å². The maximum absolute atomic E-state index is 13.0. The number of imide groups is 1. The Hall–Kier alpha value is -3.45. The first-order valence-corrected chi connectivity index (χ1v) is 10.8. The summed E-state index contributed by atoms with van der Waals surface area (Å²) in [6, 6.07) is 10.9. The van der Waals surface area contributed by atoms with Crippen molar-refractivity contribution in [3.8, 4) is 22.4 Å². The number of nitrogens with zero attached hydrogens (tertiary/aromatic N) is 3. The minimum Gasteiger partial charge on any atom is -0.322 e. The fraction of sp³-hybridized carbons (Fsp3) is 0.250. The van der Waals surface area contributed by atoms with Gasteiger partial charge in [0.25, 0.3) is 5.91 Å². The molecule has 5 rings (SSSR count). The average Bonchev–Trinajstić information content (AvgIpc) is 3.28. The third kappa shape index (κ3) is 3.29. The zero-order valence-corrected chi connectivity index (χ0v) is 18.4. The van der Waals surface area contributed by atoms with E-state index in [0.29, 0.717) is 23.6 Å². The van der Waals surface area contributed by atoms with Crippen LogP contribution in [-0.2, 0) is 23.2 Å². The quantitative estimate of drug-likeness (QED) is 0.622. The van der Waals surface area contributed by atoms with Gasteiger partial charge in [0, 0.05) is 41.7 Å². The lowest BCUT2D eigenvalue weighted by Gasteiger charge is -2.29. The Morgan fingerprint density at radius 3 is 2.59 bits per heavy atom. The number of aryl methyl sites for hydroxylation is 2. The Labute approximate surface area is 190 Å². The van der Waals surface area contributed by atoms with Crippen LogP contribution in [0.25, 0.3) is 22.4 Å². The minimum atomic E-state index is -0.623. The third-order valence-corrected chi connectivity index (χ3v) is 6.45. The van der Waals surface area contributed by atoms with E-state index in [1.807, 2.05) is 61.2 Å². The first-order valence-electron chi connectivity index (χ1n) is 10.4. The van der Waals surface area contributed by atoms with Gasteiger partial charge in [0.05, 0.1) is 11.9 Å². The zero-order valence-electron chi connectivity index (χ0n) is 17.7. The molecule has 1 saturated heterocycles. The molecule has 1 fully saturated rings. The highest BCUT2D eigenvalue weighted by atomic mass is 35.5. The zero-order chi connectivity index (χ0) is 22.6. The molecule has 0 saturated carbocycles. The van der Waals surface area contributed by atoms with Crippen LogP contribution in [0.5, 0.6) is 0 Å². The number of amides is 3. The van der Waals surface area contributed by atoms with Crippen LogP contribution in [0.1, 0.15) is 34.3 Å². The van der Waals surface area contributed by atoms with Gasteiger partial charge in [-0.1, -0.05) is 23.7 Å². The van der Waals surface area contributed by atoms with Crippen LogP contribution in [0.15, 0.2) is 42.6 Å². The van der Waals surface area contributed by atoms with Crippen LogP contribution < -0.4 is 5.32 Å². The summed E-state index contributed by atoms with van der Waals surface area (Å²) in [5, 5.41) is 7.48. The van der Waals surface area contributed by atoms with Crippen molar-refractivity contribution in [2.45, 2.75) is 32.4 Å². The van der Waals surface area contributed by atoms with E-state index in [1.54, 1.807) is 4.90 Å². The van der Waals surface area contributed by atoms with Crippen LogP contribution in [0, 0.1) is 6.92 Å². The molecule has 1 aromatic heterocycles. The van der Waals surface area contributed by atoms with E-state index >= 15 is 0 Å². The van der Waals surface area contributed by atoms with Gasteiger partial charge in [-0.3, -0.25) is 24.4 Å². The number of hydrogen-bond donors (Lipinski definition) is 1. The maximum atomic E-state index is 13.0. The van der Waals surface area contributed by atoms with E-state index in [2.05, 4.69) is 10.4 Å². The van der Waals surface area contributed by atoms with Crippen molar-refractivity contribution in [1.29, 1.82) is 0 Å². The number of piperidine rings is 1. The smallest absolute Gasteiger partial charge is 0.255 e. The van der Waals surface area contributed by atoms with Gasteiger partial charge in [0.2, 0.25) is 11.8 Å². The molecule has 1 unspecified atom stereocenters. The number of hydrogen-bond acceptors (Lipinski definition) is 4. The average molecular weight is 449 g/mol. The lowest BCUT2D eigenvalue weighted by molar-refractivity contribution is -0.136. The number of rotatable bonds is 3. The molecule has 1 atom stereocenters. The largest absolute Gasteiger partial charge is 0.322 e. The third-order valence-electron chi connectivity index (χ3n) is 6.22. The van der Waals surface area contributed by atoms with Crippen molar-refractivity contribution in [2.75, 3.05) is 0 Å². The molecule has 0 aliphatic carbocycles. The van der Waals surface area contributed by atoms with Crippen molar-refractivity contribution >= 4 is 29.3 Å². The van der Waals surface area contributed by atoms with Crippen LogP contribution in [0.3, 0.4) is 0 Å². The topological polar surface area (TPSA) is 84.3 Å². The molecule has 162 valence electrons. The summed E-state index contributed by atoms with van der Waals surface area (Å²) in [5.74, 6) is -0.879. The summed E-state index contributed by atoms with van der Waals surface area (Å²) in [5.41, 5.74) is 6.39. The highest BCUT2D eigenvalue weighted by Gasteiger charge is 2.39. The van der Waals surface area contributed by atoms with Gasteiger partial charge in [0.1, 0.15) is 6.04 Å². The molecular weight excluding hydrogens is 428 g/mol. The summed E-state index contributed by atoms with van der Waals surface area (Å²) >= 11 is 6.14. The van der Waals surface area contributed by atoms with Crippen LogP contribution >= 0.6 is 11.6 Å². The summed E-state index contributed by atoms with van der Waals surface area (Å²) in [7, 11) is 1.90. The normalized spacial score (nSPS) is 18.2. The first kappa shape index (κ1) is 20.5. The second-order valence-corrected chi connectivity index (χ2v) is 8.70.